The molecule has 0 aliphatic rings. The largest absolute Gasteiger partial charge is 0.494 e. The van der Waals surface area contributed by atoms with Crippen LogP contribution in [0.2, 0.25) is 0 Å². The second-order valence-corrected chi connectivity index (χ2v) is 8.30. The third-order valence-electron chi connectivity index (χ3n) is 4.62. The molecule has 2 aromatic carbocycles. The number of ether oxygens (including phenoxy) is 1. The number of hydrogen-bond donors (Lipinski definition) is 1. The lowest BCUT2D eigenvalue weighted by Gasteiger charge is -2.07. The van der Waals surface area contributed by atoms with Gasteiger partial charge in [0.05, 0.1) is 6.61 Å². The van der Waals surface area contributed by atoms with Crippen molar-refractivity contribution < 1.29 is 9.53 Å². The van der Waals surface area contributed by atoms with E-state index in [4.69, 9.17) is 4.74 Å². The molecule has 4 nitrogen and oxygen atoms in total. The van der Waals surface area contributed by atoms with E-state index in [1.807, 2.05) is 18.3 Å². The average Bonchev–Trinajstić information content (AvgIpc) is 3.15. The summed E-state index contributed by atoms with van der Waals surface area (Å²) in [4.78, 5) is 18.0. The quantitative estimate of drug-likeness (QED) is 0.403. The van der Waals surface area contributed by atoms with Crippen LogP contribution in [0.4, 0.5) is 5.13 Å². The van der Waals surface area contributed by atoms with Gasteiger partial charge >= 0.3 is 0 Å². The summed E-state index contributed by atoms with van der Waals surface area (Å²) in [6, 6.07) is 15.7. The molecule has 1 N–H and O–H groups in total. The molecule has 0 aliphatic carbocycles. The van der Waals surface area contributed by atoms with Crippen LogP contribution >= 0.6 is 11.3 Å². The first-order chi connectivity index (χ1) is 14.1. The molecule has 152 valence electrons. The molecule has 1 heterocycles. The van der Waals surface area contributed by atoms with Crippen LogP contribution in [0.25, 0.3) is 0 Å². The highest BCUT2D eigenvalue weighted by atomic mass is 32.1. The summed E-state index contributed by atoms with van der Waals surface area (Å²) in [6.45, 7) is 5.00. The molecule has 0 fully saturated rings. The van der Waals surface area contributed by atoms with Crippen LogP contribution in [0.3, 0.4) is 0 Å². The summed E-state index contributed by atoms with van der Waals surface area (Å²) < 4.78 is 5.73. The van der Waals surface area contributed by atoms with Crippen molar-refractivity contribution >= 4 is 22.4 Å². The number of thiazole rings is 1. The molecule has 29 heavy (non-hydrogen) atoms. The maximum absolute atomic E-state index is 12.5. The number of hydrogen-bond acceptors (Lipinski definition) is 4. The van der Waals surface area contributed by atoms with Gasteiger partial charge in [-0.3, -0.25) is 10.1 Å². The molecule has 0 aliphatic heterocycles. The van der Waals surface area contributed by atoms with Gasteiger partial charge in [0.25, 0.3) is 5.91 Å². The van der Waals surface area contributed by atoms with E-state index < -0.39 is 0 Å². The second-order valence-electron chi connectivity index (χ2n) is 7.19. The third-order valence-corrected chi connectivity index (χ3v) is 5.53. The monoisotopic (exact) mass is 408 g/mol. The van der Waals surface area contributed by atoms with Crippen molar-refractivity contribution in [1.29, 1.82) is 0 Å². The van der Waals surface area contributed by atoms with Crippen LogP contribution in [-0.4, -0.2) is 17.5 Å². The highest BCUT2D eigenvalue weighted by Gasteiger charge is 2.10. The summed E-state index contributed by atoms with van der Waals surface area (Å²) in [6.07, 6.45) is 7.36. The lowest BCUT2D eigenvalue weighted by Crippen LogP contribution is -2.11. The SMILES string of the molecule is CCCCCCOc1ccc(C(=O)Nc2ncc(Cc3cccc(C)c3)s2)cc1. The number of aromatic nitrogens is 1. The maximum atomic E-state index is 12.5. The minimum Gasteiger partial charge on any atom is -0.494 e. The number of aryl methyl sites for hydroxylation is 1. The molecule has 0 saturated heterocycles. The van der Waals surface area contributed by atoms with Crippen LogP contribution in [0, 0.1) is 6.92 Å². The normalized spacial score (nSPS) is 10.7. The summed E-state index contributed by atoms with van der Waals surface area (Å²) in [5.74, 6) is 0.642. The van der Waals surface area contributed by atoms with Gasteiger partial charge in [0.1, 0.15) is 5.75 Å². The topological polar surface area (TPSA) is 51.2 Å². The van der Waals surface area contributed by atoms with Gasteiger partial charge in [0.2, 0.25) is 0 Å². The Morgan fingerprint density at radius 2 is 1.93 bits per heavy atom. The van der Waals surface area contributed by atoms with E-state index in [-0.39, 0.29) is 5.91 Å². The summed E-state index contributed by atoms with van der Waals surface area (Å²) in [5.41, 5.74) is 3.09. The fraction of sp³-hybridized carbons (Fsp3) is 0.333. The minimum atomic E-state index is -0.157. The molecule has 1 amide bonds. The molecule has 3 aromatic rings. The predicted molar refractivity (Wildman–Crippen MR) is 120 cm³/mol. The molecule has 0 unspecified atom stereocenters. The highest BCUT2D eigenvalue weighted by Crippen LogP contribution is 2.22. The second kappa shape index (κ2) is 10.8. The molecule has 1 aromatic heterocycles. The number of benzene rings is 2. The Bertz CT molecular complexity index is 919. The summed E-state index contributed by atoms with van der Waals surface area (Å²) >= 11 is 1.51. The van der Waals surface area contributed by atoms with E-state index in [0.717, 1.165) is 23.5 Å². The molecular weight excluding hydrogens is 380 g/mol. The molecule has 0 atom stereocenters. The molecular formula is C24H28N2O2S. The Morgan fingerprint density at radius 1 is 1.10 bits per heavy atom. The Labute approximate surface area is 177 Å². The number of anilines is 1. The smallest absolute Gasteiger partial charge is 0.257 e. The van der Waals surface area contributed by atoms with E-state index in [1.165, 1.54) is 41.7 Å². The van der Waals surface area contributed by atoms with E-state index >= 15 is 0 Å². The first kappa shape index (κ1) is 21.1. The van der Waals surface area contributed by atoms with E-state index in [1.54, 1.807) is 12.1 Å². The average molecular weight is 409 g/mol. The molecule has 0 bridgehead atoms. The van der Waals surface area contributed by atoms with Gasteiger partial charge in [-0.25, -0.2) is 4.98 Å². The standard InChI is InChI=1S/C24H28N2O2S/c1-3-4-5-6-14-28-21-12-10-20(11-13-21)23(27)26-24-25-17-22(29-24)16-19-9-7-8-18(2)15-19/h7-13,15,17H,3-6,14,16H2,1-2H3,(H,25,26,27). The van der Waals surface area contributed by atoms with E-state index in [2.05, 4.69) is 48.4 Å². The molecule has 0 radical (unpaired) electrons. The number of unbranched alkanes of at least 4 members (excludes halogenated alkanes) is 3. The van der Waals surface area contributed by atoms with Crippen LogP contribution in [0.15, 0.2) is 54.7 Å². The lowest BCUT2D eigenvalue weighted by atomic mass is 10.1. The number of rotatable bonds is 10. The molecule has 5 heteroatoms. The third kappa shape index (κ3) is 6.71. The molecule has 0 saturated carbocycles. The van der Waals surface area contributed by atoms with E-state index in [0.29, 0.717) is 17.3 Å². The van der Waals surface area contributed by atoms with Crippen molar-refractivity contribution in [2.75, 3.05) is 11.9 Å². The van der Waals surface area contributed by atoms with Crippen molar-refractivity contribution in [3.05, 3.63) is 76.3 Å². The van der Waals surface area contributed by atoms with Crippen molar-refractivity contribution in [1.82, 2.24) is 4.98 Å². The number of amides is 1. The van der Waals surface area contributed by atoms with Gasteiger partial charge in [-0.2, -0.15) is 0 Å². The first-order valence-corrected chi connectivity index (χ1v) is 11.0. The fourth-order valence-electron chi connectivity index (χ4n) is 3.06. The maximum Gasteiger partial charge on any atom is 0.257 e. The zero-order valence-corrected chi connectivity index (χ0v) is 17.9. The molecule has 0 spiro atoms. The fourth-order valence-corrected chi connectivity index (χ4v) is 3.90. The van der Waals surface area contributed by atoms with Crippen molar-refractivity contribution in [2.45, 2.75) is 46.0 Å². The zero-order chi connectivity index (χ0) is 20.5. The minimum absolute atomic E-state index is 0.157. The van der Waals surface area contributed by atoms with Crippen LogP contribution < -0.4 is 10.1 Å². The van der Waals surface area contributed by atoms with Gasteiger partial charge in [0, 0.05) is 23.1 Å². The highest BCUT2D eigenvalue weighted by molar-refractivity contribution is 7.15. The first-order valence-electron chi connectivity index (χ1n) is 10.2. The van der Waals surface area contributed by atoms with Gasteiger partial charge in [-0.1, -0.05) is 56.0 Å². The van der Waals surface area contributed by atoms with Crippen molar-refractivity contribution in [2.24, 2.45) is 0 Å². The summed E-state index contributed by atoms with van der Waals surface area (Å²) in [7, 11) is 0. The van der Waals surface area contributed by atoms with Crippen LogP contribution in [0.1, 0.15) is 59.0 Å². The zero-order valence-electron chi connectivity index (χ0n) is 17.1. The summed E-state index contributed by atoms with van der Waals surface area (Å²) in [5, 5.41) is 3.51. The van der Waals surface area contributed by atoms with Gasteiger partial charge in [-0.05, 0) is 43.2 Å². The van der Waals surface area contributed by atoms with E-state index in [9.17, 15) is 4.79 Å². The van der Waals surface area contributed by atoms with Crippen LogP contribution in [0.5, 0.6) is 5.75 Å². The molecule has 3 rings (SSSR count). The van der Waals surface area contributed by atoms with Gasteiger partial charge < -0.3 is 4.74 Å². The Kier molecular flexibility index (Phi) is 7.82. The van der Waals surface area contributed by atoms with Crippen molar-refractivity contribution in [3.8, 4) is 5.75 Å². The lowest BCUT2D eigenvalue weighted by molar-refractivity contribution is 0.102. The Hall–Kier alpha value is -2.66. The number of nitrogens with one attached hydrogen (secondary N) is 1. The Morgan fingerprint density at radius 3 is 2.69 bits per heavy atom. The van der Waals surface area contributed by atoms with Gasteiger partial charge in [-0.15, -0.1) is 11.3 Å². The predicted octanol–water partition coefficient (Wildman–Crippen LogP) is 6.25. The Balaban J connectivity index is 1.50. The number of nitrogens with zero attached hydrogens (tertiary/aromatic N) is 1. The van der Waals surface area contributed by atoms with Gasteiger partial charge in [0.15, 0.2) is 5.13 Å². The number of carbonyl (C=O) groups excluding carboxylic acids is 1. The number of carbonyl (C=O) groups is 1. The van der Waals surface area contributed by atoms with Crippen LogP contribution in [-0.2, 0) is 6.42 Å². The van der Waals surface area contributed by atoms with Crippen molar-refractivity contribution in [3.63, 3.8) is 0 Å².